The SMILES string of the molecule is CCOc1ccccc1-c1nc(CC(=O)NCCc2cccc(O)c2)cs1. The number of hydrogen-bond acceptors (Lipinski definition) is 5. The number of nitrogens with zero attached hydrogens (tertiary/aromatic N) is 1. The Morgan fingerprint density at radius 1 is 1.22 bits per heavy atom. The van der Waals surface area contributed by atoms with Crippen LogP contribution in [0.3, 0.4) is 0 Å². The van der Waals surface area contributed by atoms with Crippen molar-refractivity contribution in [2.45, 2.75) is 19.8 Å². The summed E-state index contributed by atoms with van der Waals surface area (Å²) in [7, 11) is 0. The van der Waals surface area contributed by atoms with Crippen LogP contribution in [0, 0.1) is 0 Å². The van der Waals surface area contributed by atoms with Crippen molar-refractivity contribution in [2.75, 3.05) is 13.2 Å². The third kappa shape index (κ3) is 5.31. The number of phenols is 1. The fourth-order valence-corrected chi connectivity index (χ4v) is 3.57. The highest BCUT2D eigenvalue weighted by molar-refractivity contribution is 7.13. The summed E-state index contributed by atoms with van der Waals surface area (Å²) in [6.45, 7) is 3.06. The first-order valence-corrected chi connectivity index (χ1v) is 9.75. The smallest absolute Gasteiger partial charge is 0.226 e. The van der Waals surface area contributed by atoms with Crippen molar-refractivity contribution in [3.05, 3.63) is 65.2 Å². The number of rotatable bonds is 8. The Hall–Kier alpha value is -2.86. The van der Waals surface area contributed by atoms with E-state index in [1.54, 1.807) is 18.2 Å². The Bertz CT molecular complexity index is 908. The molecule has 140 valence electrons. The Morgan fingerprint density at radius 2 is 2.07 bits per heavy atom. The summed E-state index contributed by atoms with van der Waals surface area (Å²) in [5, 5.41) is 15.1. The minimum Gasteiger partial charge on any atom is -0.508 e. The lowest BCUT2D eigenvalue weighted by Gasteiger charge is -2.07. The van der Waals surface area contributed by atoms with Crippen molar-refractivity contribution in [1.82, 2.24) is 10.3 Å². The number of thiazole rings is 1. The highest BCUT2D eigenvalue weighted by Crippen LogP contribution is 2.32. The van der Waals surface area contributed by atoms with Gasteiger partial charge in [-0.3, -0.25) is 4.79 Å². The molecule has 0 bridgehead atoms. The van der Waals surface area contributed by atoms with E-state index in [0.717, 1.165) is 27.6 Å². The molecule has 0 aliphatic rings. The van der Waals surface area contributed by atoms with Crippen LogP contribution in [-0.4, -0.2) is 29.1 Å². The summed E-state index contributed by atoms with van der Waals surface area (Å²) in [5.74, 6) is 0.975. The maximum Gasteiger partial charge on any atom is 0.226 e. The number of aromatic nitrogens is 1. The van der Waals surface area contributed by atoms with Crippen molar-refractivity contribution in [1.29, 1.82) is 0 Å². The molecule has 0 fully saturated rings. The van der Waals surface area contributed by atoms with Gasteiger partial charge in [-0.05, 0) is 43.2 Å². The second kappa shape index (κ2) is 9.19. The number of benzene rings is 2. The van der Waals surface area contributed by atoms with Crippen molar-refractivity contribution >= 4 is 17.2 Å². The minimum atomic E-state index is -0.0647. The van der Waals surface area contributed by atoms with Gasteiger partial charge in [0.25, 0.3) is 0 Å². The minimum absolute atomic E-state index is 0.0647. The standard InChI is InChI=1S/C21H22N2O3S/c1-2-26-19-9-4-3-8-18(19)21-23-16(14-27-21)13-20(25)22-11-10-15-6-5-7-17(24)12-15/h3-9,12,14,24H,2,10-11,13H2,1H3,(H,22,25). The van der Waals surface area contributed by atoms with E-state index in [-0.39, 0.29) is 18.1 Å². The molecule has 5 nitrogen and oxygen atoms in total. The van der Waals surface area contributed by atoms with Gasteiger partial charge in [-0.2, -0.15) is 0 Å². The van der Waals surface area contributed by atoms with E-state index in [0.29, 0.717) is 19.6 Å². The number of carbonyl (C=O) groups is 1. The van der Waals surface area contributed by atoms with Crippen LogP contribution < -0.4 is 10.1 Å². The maximum absolute atomic E-state index is 12.2. The molecule has 0 spiro atoms. The van der Waals surface area contributed by atoms with Gasteiger partial charge in [-0.25, -0.2) is 4.98 Å². The van der Waals surface area contributed by atoms with Crippen molar-refractivity contribution in [3.8, 4) is 22.1 Å². The number of phenolic OH excluding ortho intramolecular Hbond substituents is 1. The first-order valence-electron chi connectivity index (χ1n) is 8.87. The third-order valence-electron chi connectivity index (χ3n) is 3.96. The van der Waals surface area contributed by atoms with E-state index in [4.69, 9.17) is 4.74 Å². The Balaban J connectivity index is 1.55. The fraction of sp³-hybridized carbons (Fsp3) is 0.238. The normalized spacial score (nSPS) is 10.6. The average molecular weight is 382 g/mol. The van der Waals surface area contributed by atoms with Crippen molar-refractivity contribution in [2.24, 2.45) is 0 Å². The van der Waals surface area contributed by atoms with Crippen LogP contribution in [0.1, 0.15) is 18.2 Å². The number of amides is 1. The second-order valence-corrected chi connectivity index (χ2v) is 6.88. The van der Waals surface area contributed by atoms with Crippen LogP contribution in [-0.2, 0) is 17.6 Å². The van der Waals surface area contributed by atoms with Gasteiger partial charge in [-0.1, -0.05) is 24.3 Å². The molecular weight excluding hydrogens is 360 g/mol. The van der Waals surface area contributed by atoms with Crippen molar-refractivity contribution < 1.29 is 14.6 Å². The predicted octanol–water partition coefficient (Wildman–Crippen LogP) is 3.82. The summed E-state index contributed by atoms with van der Waals surface area (Å²) in [5.41, 5.74) is 2.68. The van der Waals surface area contributed by atoms with Crippen molar-refractivity contribution in [3.63, 3.8) is 0 Å². The highest BCUT2D eigenvalue weighted by Gasteiger charge is 2.12. The molecule has 3 aromatic rings. The maximum atomic E-state index is 12.2. The topological polar surface area (TPSA) is 71.5 Å². The van der Waals surface area contributed by atoms with Gasteiger partial charge >= 0.3 is 0 Å². The predicted molar refractivity (Wildman–Crippen MR) is 107 cm³/mol. The highest BCUT2D eigenvalue weighted by atomic mass is 32.1. The quantitative estimate of drug-likeness (QED) is 0.621. The molecule has 3 rings (SSSR count). The molecule has 2 N–H and O–H groups in total. The summed E-state index contributed by atoms with van der Waals surface area (Å²) < 4.78 is 5.65. The van der Waals surface area contributed by atoms with Crippen LogP contribution in [0.4, 0.5) is 0 Å². The lowest BCUT2D eigenvalue weighted by molar-refractivity contribution is -0.120. The molecule has 1 aromatic heterocycles. The summed E-state index contributed by atoms with van der Waals surface area (Å²) in [4.78, 5) is 16.8. The molecule has 0 atom stereocenters. The fourth-order valence-electron chi connectivity index (χ4n) is 2.72. The molecule has 27 heavy (non-hydrogen) atoms. The number of carbonyl (C=O) groups excluding carboxylic acids is 1. The largest absolute Gasteiger partial charge is 0.508 e. The van der Waals surface area contributed by atoms with E-state index in [9.17, 15) is 9.90 Å². The number of nitrogens with one attached hydrogen (secondary N) is 1. The Labute approximate surface area is 162 Å². The molecule has 0 saturated heterocycles. The molecule has 0 radical (unpaired) electrons. The number of aromatic hydroxyl groups is 1. The lowest BCUT2D eigenvalue weighted by Crippen LogP contribution is -2.27. The van der Waals surface area contributed by atoms with Gasteiger partial charge in [0.15, 0.2) is 0 Å². The summed E-state index contributed by atoms with van der Waals surface area (Å²) >= 11 is 1.51. The van der Waals surface area contributed by atoms with E-state index in [1.165, 1.54) is 11.3 Å². The van der Waals surface area contributed by atoms with Gasteiger partial charge < -0.3 is 15.2 Å². The van der Waals surface area contributed by atoms with E-state index in [1.807, 2.05) is 42.6 Å². The molecule has 1 amide bonds. The molecule has 0 aliphatic heterocycles. The van der Waals surface area contributed by atoms with Crippen LogP contribution in [0.2, 0.25) is 0 Å². The van der Waals surface area contributed by atoms with E-state index >= 15 is 0 Å². The first kappa shape index (κ1) is 18.9. The van der Waals surface area contributed by atoms with Crippen LogP contribution in [0.25, 0.3) is 10.6 Å². The summed E-state index contributed by atoms with van der Waals surface area (Å²) in [6, 6.07) is 14.8. The Kier molecular flexibility index (Phi) is 6.44. The Morgan fingerprint density at radius 3 is 2.89 bits per heavy atom. The molecule has 0 saturated carbocycles. The zero-order valence-electron chi connectivity index (χ0n) is 15.1. The second-order valence-electron chi connectivity index (χ2n) is 6.02. The monoisotopic (exact) mass is 382 g/mol. The lowest BCUT2D eigenvalue weighted by atomic mass is 10.1. The first-order chi connectivity index (χ1) is 13.2. The summed E-state index contributed by atoms with van der Waals surface area (Å²) in [6.07, 6.45) is 0.914. The number of hydrogen-bond donors (Lipinski definition) is 2. The molecule has 1 heterocycles. The number of para-hydroxylation sites is 1. The molecule has 6 heteroatoms. The number of ether oxygens (including phenoxy) is 1. The molecular formula is C21H22N2O3S. The molecule has 0 aliphatic carbocycles. The third-order valence-corrected chi connectivity index (χ3v) is 4.88. The van der Waals surface area contributed by atoms with Gasteiger partial charge in [-0.15, -0.1) is 11.3 Å². The zero-order chi connectivity index (χ0) is 19.1. The molecule has 0 unspecified atom stereocenters. The zero-order valence-corrected chi connectivity index (χ0v) is 16.0. The van der Waals surface area contributed by atoms with Crippen LogP contribution in [0.15, 0.2) is 53.9 Å². The van der Waals surface area contributed by atoms with Crippen LogP contribution >= 0.6 is 11.3 Å². The van der Waals surface area contributed by atoms with E-state index in [2.05, 4.69) is 10.3 Å². The van der Waals surface area contributed by atoms with E-state index < -0.39 is 0 Å². The van der Waals surface area contributed by atoms with Gasteiger partial charge in [0.2, 0.25) is 5.91 Å². The molecule has 2 aromatic carbocycles. The van der Waals surface area contributed by atoms with Gasteiger partial charge in [0.05, 0.1) is 24.3 Å². The van der Waals surface area contributed by atoms with Gasteiger partial charge in [0.1, 0.15) is 16.5 Å². The van der Waals surface area contributed by atoms with Crippen LogP contribution in [0.5, 0.6) is 11.5 Å². The van der Waals surface area contributed by atoms with Gasteiger partial charge in [0, 0.05) is 11.9 Å². The average Bonchev–Trinajstić information content (AvgIpc) is 3.11.